The van der Waals surface area contributed by atoms with Crippen LogP contribution >= 0.6 is 11.3 Å². The van der Waals surface area contributed by atoms with Gasteiger partial charge >= 0.3 is 5.97 Å². The predicted octanol–water partition coefficient (Wildman–Crippen LogP) is 2.67. The van der Waals surface area contributed by atoms with Crippen molar-refractivity contribution in [1.82, 2.24) is 4.57 Å². The highest BCUT2D eigenvalue weighted by molar-refractivity contribution is 7.07. The Morgan fingerprint density at radius 1 is 1.27 bits per heavy atom. The lowest BCUT2D eigenvalue weighted by Crippen LogP contribution is -2.40. The molecule has 2 aromatic carbocycles. The van der Waals surface area contributed by atoms with Crippen molar-refractivity contribution in [3.05, 3.63) is 90.4 Å². The molecule has 0 radical (unpaired) electrons. The highest BCUT2D eigenvalue weighted by Gasteiger charge is 2.34. The zero-order valence-electron chi connectivity index (χ0n) is 17.8. The van der Waals surface area contributed by atoms with Crippen molar-refractivity contribution in [1.29, 1.82) is 0 Å². The summed E-state index contributed by atoms with van der Waals surface area (Å²) in [6.45, 7) is 3.65. The summed E-state index contributed by atoms with van der Waals surface area (Å²) >= 11 is 1.17. The third-order valence-corrected chi connectivity index (χ3v) is 6.39. The molecular weight excluding hydrogens is 447 g/mol. The fourth-order valence-electron chi connectivity index (χ4n) is 3.94. The largest absolute Gasteiger partial charge is 0.463 e. The van der Waals surface area contributed by atoms with Gasteiger partial charge < -0.3 is 14.2 Å². The molecule has 2 aliphatic rings. The normalized spacial score (nSPS) is 17.1. The first-order valence-electron chi connectivity index (χ1n) is 10.3. The highest BCUT2D eigenvalue weighted by Crippen LogP contribution is 2.33. The number of carbonyl (C=O) groups is 1. The zero-order valence-corrected chi connectivity index (χ0v) is 18.6. The Bertz CT molecular complexity index is 1490. The third kappa shape index (κ3) is 3.64. The van der Waals surface area contributed by atoms with E-state index in [-0.39, 0.29) is 30.1 Å². The minimum Gasteiger partial charge on any atom is -0.463 e. The summed E-state index contributed by atoms with van der Waals surface area (Å²) in [6, 6.07) is 10.5. The van der Waals surface area contributed by atoms with Gasteiger partial charge in [0, 0.05) is 5.56 Å². The number of carbonyl (C=O) groups excluding carboxylic acids is 1. The van der Waals surface area contributed by atoms with E-state index in [2.05, 4.69) is 4.99 Å². The number of esters is 1. The Morgan fingerprint density at radius 3 is 2.85 bits per heavy atom. The van der Waals surface area contributed by atoms with Gasteiger partial charge in [-0.3, -0.25) is 9.36 Å². The maximum absolute atomic E-state index is 14.9. The molecule has 1 atom stereocenters. The molecule has 0 amide bonds. The van der Waals surface area contributed by atoms with Crippen LogP contribution in [0.15, 0.2) is 63.5 Å². The fourth-order valence-corrected chi connectivity index (χ4v) is 4.98. The molecular formula is C24H19FN2O5S. The van der Waals surface area contributed by atoms with Crippen molar-refractivity contribution in [3.63, 3.8) is 0 Å². The second-order valence-corrected chi connectivity index (χ2v) is 8.45. The van der Waals surface area contributed by atoms with E-state index in [1.54, 1.807) is 50.3 Å². The number of benzene rings is 2. The molecule has 0 N–H and O–H groups in total. The molecule has 33 heavy (non-hydrogen) atoms. The van der Waals surface area contributed by atoms with Gasteiger partial charge in [0.25, 0.3) is 5.56 Å². The minimum absolute atomic E-state index is 0.143. The van der Waals surface area contributed by atoms with Crippen LogP contribution in [-0.4, -0.2) is 23.9 Å². The molecule has 0 fully saturated rings. The number of hydrogen-bond acceptors (Lipinski definition) is 7. The van der Waals surface area contributed by atoms with Crippen molar-refractivity contribution < 1.29 is 23.4 Å². The van der Waals surface area contributed by atoms with E-state index in [1.807, 2.05) is 6.07 Å². The van der Waals surface area contributed by atoms with Crippen LogP contribution in [0.5, 0.6) is 11.5 Å². The van der Waals surface area contributed by atoms with Crippen LogP contribution in [0.3, 0.4) is 0 Å². The summed E-state index contributed by atoms with van der Waals surface area (Å²) in [6.07, 6.45) is 1.72. The Hall–Kier alpha value is -3.72. The quantitative estimate of drug-likeness (QED) is 0.553. The van der Waals surface area contributed by atoms with E-state index >= 15 is 0 Å². The summed E-state index contributed by atoms with van der Waals surface area (Å²) < 4.78 is 32.6. The lowest BCUT2D eigenvalue weighted by atomic mass is 9.95. The number of rotatable bonds is 4. The molecule has 3 heterocycles. The Labute approximate surface area is 191 Å². The zero-order chi connectivity index (χ0) is 23.1. The first-order valence-corrected chi connectivity index (χ1v) is 11.1. The molecule has 1 unspecified atom stereocenters. The Morgan fingerprint density at radius 2 is 2.06 bits per heavy atom. The van der Waals surface area contributed by atoms with Gasteiger partial charge in [-0.2, -0.15) is 0 Å². The van der Waals surface area contributed by atoms with Gasteiger partial charge in [-0.05, 0) is 43.7 Å². The minimum atomic E-state index is -0.986. The number of aromatic nitrogens is 1. The fraction of sp³-hybridized carbons (Fsp3) is 0.208. The maximum atomic E-state index is 14.9. The van der Waals surface area contributed by atoms with Gasteiger partial charge in [-0.15, -0.1) is 0 Å². The van der Waals surface area contributed by atoms with E-state index in [0.717, 1.165) is 5.56 Å². The second-order valence-electron chi connectivity index (χ2n) is 7.44. The smallest absolute Gasteiger partial charge is 0.338 e. The van der Waals surface area contributed by atoms with Gasteiger partial charge in [0.1, 0.15) is 11.9 Å². The van der Waals surface area contributed by atoms with Crippen molar-refractivity contribution in [2.45, 2.75) is 19.9 Å². The molecule has 3 aromatic rings. The molecule has 9 heteroatoms. The first-order chi connectivity index (χ1) is 16.0. The number of fused-ring (bicyclic) bond motifs is 2. The van der Waals surface area contributed by atoms with Gasteiger partial charge in [-0.25, -0.2) is 14.2 Å². The Balaban J connectivity index is 1.71. The van der Waals surface area contributed by atoms with E-state index < -0.39 is 17.8 Å². The average Bonchev–Trinajstić information content (AvgIpc) is 3.37. The van der Waals surface area contributed by atoms with Crippen molar-refractivity contribution in [3.8, 4) is 11.5 Å². The molecule has 0 aliphatic carbocycles. The topological polar surface area (TPSA) is 79.1 Å². The SMILES string of the molecule is CCOC(=O)C1=C(C)N=c2sc(=Cc3ccc4c(c3)OCO4)c(=O)n2C1c1ccccc1F. The molecule has 2 aliphatic heterocycles. The monoisotopic (exact) mass is 466 g/mol. The summed E-state index contributed by atoms with van der Waals surface area (Å²) in [4.78, 5) is 31.2. The van der Waals surface area contributed by atoms with Gasteiger partial charge in [0.15, 0.2) is 16.3 Å². The number of hydrogen-bond donors (Lipinski definition) is 0. The average molecular weight is 466 g/mol. The number of halogens is 1. The molecule has 168 valence electrons. The molecule has 7 nitrogen and oxygen atoms in total. The lowest BCUT2D eigenvalue weighted by Gasteiger charge is -2.24. The summed E-state index contributed by atoms with van der Waals surface area (Å²) in [5.74, 6) is 0.0884. The highest BCUT2D eigenvalue weighted by atomic mass is 32.1. The van der Waals surface area contributed by atoms with Gasteiger partial charge in [-0.1, -0.05) is 35.6 Å². The van der Waals surface area contributed by atoms with E-state index in [9.17, 15) is 14.0 Å². The molecule has 5 rings (SSSR count). The lowest BCUT2D eigenvalue weighted by molar-refractivity contribution is -0.139. The third-order valence-electron chi connectivity index (χ3n) is 5.41. The second kappa shape index (κ2) is 8.32. The number of thiazole rings is 1. The van der Waals surface area contributed by atoms with Gasteiger partial charge in [0.05, 0.1) is 22.4 Å². The summed E-state index contributed by atoms with van der Waals surface area (Å²) in [7, 11) is 0. The maximum Gasteiger partial charge on any atom is 0.338 e. The predicted molar refractivity (Wildman–Crippen MR) is 119 cm³/mol. The van der Waals surface area contributed by atoms with Crippen LogP contribution in [0, 0.1) is 5.82 Å². The van der Waals surface area contributed by atoms with Crippen LogP contribution in [0.2, 0.25) is 0 Å². The van der Waals surface area contributed by atoms with Crippen molar-refractivity contribution >= 4 is 23.4 Å². The van der Waals surface area contributed by atoms with Crippen molar-refractivity contribution in [2.75, 3.05) is 13.4 Å². The van der Waals surface area contributed by atoms with Crippen LogP contribution in [0.1, 0.15) is 31.0 Å². The van der Waals surface area contributed by atoms with Crippen LogP contribution in [0.25, 0.3) is 6.08 Å². The molecule has 0 bridgehead atoms. The van der Waals surface area contributed by atoms with E-state index in [0.29, 0.717) is 26.5 Å². The Kier molecular flexibility index (Phi) is 5.33. The first kappa shape index (κ1) is 21.1. The van der Waals surface area contributed by atoms with E-state index in [4.69, 9.17) is 14.2 Å². The summed E-state index contributed by atoms with van der Waals surface area (Å²) in [5.41, 5.74) is 1.10. The number of allylic oxidation sites excluding steroid dienone is 1. The van der Waals surface area contributed by atoms with Crippen LogP contribution in [0.4, 0.5) is 4.39 Å². The molecule has 0 saturated carbocycles. The molecule has 0 saturated heterocycles. The van der Waals surface area contributed by atoms with Crippen LogP contribution < -0.4 is 24.4 Å². The van der Waals surface area contributed by atoms with Gasteiger partial charge in [0.2, 0.25) is 6.79 Å². The van der Waals surface area contributed by atoms with Crippen LogP contribution in [-0.2, 0) is 9.53 Å². The number of nitrogens with zero attached hydrogens (tertiary/aromatic N) is 2. The van der Waals surface area contributed by atoms with E-state index in [1.165, 1.54) is 22.0 Å². The molecule has 0 spiro atoms. The molecule has 1 aromatic heterocycles. The summed E-state index contributed by atoms with van der Waals surface area (Å²) in [5, 5.41) is 0. The number of ether oxygens (including phenoxy) is 3. The standard InChI is InChI=1S/C24H19FN2O5S/c1-3-30-23(29)20-13(2)26-24-27(21(20)15-6-4-5-7-16(15)25)22(28)19(33-24)11-14-8-9-17-18(10-14)32-12-31-17/h4-11,21H,3,12H2,1-2H3. The van der Waals surface area contributed by atoms with Crippen molar-refractivity contribution in [2.24, 2.45) is 4.99 Å².